The number of nitrogens with zero attached hydrogens (tertiary/aromatic N) is 2. The molecule has 1 saturated heterocycles. The van der Waals surface area contributed by atoms with Gasteiger partial charge in [-0.15, -0.1) is 11.3 Å². The molecule has 3 rings (SSSR count). The zero-order chi connectivity index (χ0) is 16.6. The Morgan fingerprint density at radius 2 is 2.26 bits per heavy atom. The molecule has 2 atom stereocenters. The Labute approximate surface area is 137 Å². The maximum absolute atomic E-state index is 12.6. The topological polar surface area (TPSA) is 80.3 Å². The lowest BCUT2D eigenvalue weighted by Gasteiger charge is -2.35. The van der Waals surface area contributed by atoms with Crippen molar-refractivity contribution in [2.45, 2.75) is 25.7 Å². The van der Waals surface area contributed by atoms with Crippen LogP contribution < -0.4 is 5.32 Å². The van der Waals surface area contributed by atoms with E-state index in [-0.39, 0.29) is 17.9 Å². The molecule has 2 aliphatic heterocycles. The Kier molecular flexibility index (Phi) is 4.64. The molecule has 1 aromatic heterocycles. The number of rotatable bonds is 5. The highest BCUT2D eigenvalue weighted by atomic mass is 32.1. The molecule has 2 unspecified atom stereocenters. The average Bonchev–Trinajstić information content (AvgIpc) is 3.08. The highest BCUT2D eigenvalue weighted by Gasteiger charge is 2.45. The summed E-state index contributed by atoms with van der Waals surface area (Å²) in [6.45, 7) is 2.62. The molecule has 0 radical (unpaired) electrons. The monoisotopic (exact) mass is 341 g/mol. The molecule has 0 aliphatic carbocycles. The van der Waals surface area contributed by atoms with Crippen LogP contribution in [0.1, 0.15) is 34.1 Å². The van der Waals surface area contributed by atoms with Crippen molar-refractivity contribution in [1.29, 1.82) is 0 Å². The van der Waals surface area contributed by atoms with Crippen molar-refractivity contribution in [1.82, 2.24) is 10.1 Å². The highest BCUT2D eigenvalue weighted by molar-refractivity contribution is 7.15. The summed E-state index contributed by atoms with van der Waals surface area (Å²) in [5.74, 6) is -0.656. The Morgan fingerprint density at radius 1 is 1.48 bits per heavy atom. The van der Waals surface area contributed by atoms with E-state index in [1.807, 2.05) is 6.92 Å². The van der Waals surface area contributed by atoms with Gasteiger partial charge < -0.3 is 10.1 Å². The van der Waals surface area contributed by atoms with Crippen LogP contribution in [0.2, 0.25) is 0 Å². The van der Waals surface area contributed by atoms with Crippen LogP contribution in [0.15, 0.2) is 5.38 Å². The third kappa shape index (κ3) is 2.86. The van der Waals surface area contributed by atoms with E-state index in [0.717, 1.165) is 0 Å². The molecule has 1 fully saturated rings. The van der Waals surface area contributed by atoms with E-state index in [0.29, 0.717) is 35.7 Å². The molecule has 1 aromatic rings. The molecule has 2 amide bonds. The molecular weight excluding hydrogens is 322 g/mol. The van der Waals surface area contributed by atoms with Crippen LogP contribution in [0.5, 0.6) is 0 Å². The predicted octanol–water partition coefficient (Wildman–Crippen LogP) is 1.32. The van der Waals surface area contributed by atoms with Crippen molar-refractivity contribution in [3.05, 3.63) is 16.5 Å². The van der Waals surface area contributed by atoms with Crippen LogP contribution in [-0.2, 0) is 14.4 Å². The summed E-state index contributed by atoms with van der Waals surface area (Å²) < 4.78 is 5.17. The Morgan fingerprint density at radius 3 is 2.96 bits per heavy atom. The number of hydrogen-bond donors (Lipinski definition) is 1. The van der Waals surface area contributed by atoms with Crippen LogP contribution in [0, 0.1) is 0 Å². The number of hydrogen-bond acceptors (Lipinski definition) is 8. The lowest BCUT2D eigenvalue weighted by Crippen LogP contribution is -2.50. The van der Waals surface area contributed by atoms with Gasteiger partial charge >= 0.3 is 0 Å². The molecule has 3 heterocycles. The first-order valence-electron chi connectivity index (χ1n) is 7.34. The Bertz CT molecular complexity index is 620. The quantitative estimate of drug-likeness (QED) is 0.809. The molecule has 0 spiro atoms. The molecule has 2 aliphatic rings. The third-order valence-corrected chi connectivity index (χ3v) is 4.83. The molecule has 0 saturated carbocycles. The number of carbonyl (C=O) groups excluding carboxylic acids is 2. The van der Waals surface area contributed by atoms with Crippen molar-refractivity contribution < 1.29 is 24.0 Å². The number of thiophene rings is 1. The van der Waals surface area contributed by atoms with Gasteiger partial charge in [-0.05, 0) is 6.92 Å². The maximum Gasteiger partial charge on any atom is 0.266 e. The van der Waals surface area contributed by atoms with Gasteiger partial charge in [0, 0.05) is 26.0 Å². The van der Waals surface area contributed by atoms with E-state index in [1.54, 1.807) is 19.5 Å². The second kappa shape index (κ2) is 6.54. The molecule has 0 bridgehead atoms. The molecule has 126 valence electrons. The lowest BCUT2D eigenvalue weighted by molar-refractivity contribution is -0.428. The number of hydroxylamine groups is 2. The zero-order valence-corrected chi connectivity index (χ0v) is 14.0. The maximum atomic E-state index is 12.6. The van der Waals surface area contributed by atoms with Gasteiger partial charge in [-0.25, -0.2) is 9.74 Å². The molecule has 8 nitrogen and oxygen atoms in total. The number of ether oxygens (including phenoxy) is 1. The van der Waals surface area contributed by atoms with E-state index in [9.17, 15) is 9.59 Å². The minimum Gasteiger partial charge on any atom is -0.380 e. The molecule has 9 heteroatoms. The average molecular weight is 341 g/mol. The van der Waals surface area contributed by atoms with E-state index in [1.165, 1.54) is 21.5 Å². The first-order chi connectivity index (χ1) is 11.1. The van der Waals surface area contributed by atoms with E-state index in [4.69, 9.17) is 14.4 Å². The van der Waals surface area contributed by atoms with Gasteiger partial charge in [-0.1, -0.05) is 5.23 Å². The predicted molar refractivity (Wildman–Crippen MR) is 83.0 cm³/mol. The number of imide groups is 1. The lowest BCUT2D eigenvalue weighted by atomic mass is 10.2. The van der Waals surface area contributed by atoms with Gasteiger partial charge in [-0.2, -0.15) is 0 Å². The van der Waals surface area contributed by atoms with Crippen LogP contribution in [0.3, 0.4) is 0 Å². The summed E-state index contributed by atoms with van der Waals surface area (Å²) in [5.41, 5.74) is 0.852. The van der Waals surface area contributed by atoms with Gasteiger partial charge in [0.2, 0.25) is 0 Å². The first kappa shape index (κ1) is 16.3. The second-order valence-electron chi connectivity index (χ2n) is 5.33. The first-order valence-corrected chi connectivity index (χ1v) is 8.22. The van der Waals surface area contributed by atoms with Crippen molar-refractivity contribution >= 4 is 28.2 Å². The summed E-state index contributed by atoms with van der Waals surface area (Å²) in [7, 11) is 3.32. The molecule has 0 aromatic carbocycles. The number of methoxy groups -OCH3 is 1. The highest BCUT2D eigenvalue weighted by Crippen LogP contribution is 2.36. The smallest absolute Gasteiger partial charge is 0.266 e. The third-order valence-electron chi connectivity index (χ3n) is 3.84. The summed E-state index contributed by atoms with van der Waals surface area (Å²) in [5, 5.41) is 6.63. The normalized spacial score (nSPS) is 23.3. The van der Waals surface area contributed by atoms with Gasteiger partial charge in [0.05, 0.1) is 30.4 Å². The molecular formula is C14H19N3O5S. The van der Waals surface area contributed by atoms with Gasteiger partial charge in [0.25, 0.3) is 11.8 Å². The zero-order valence-electron chi connectivity index (χ0n) is 13.2. The minimum absolute atomic E-state index is 0.101. The Hall–Kier alpha value is -1.52. The van der Waals surface area contributed by atoms with E-state index < -0.39 is 6.23 Å². The van der Waals surface area contributed by atoms with Crippen LogP contribution >= 0.6 is 11.3 Å². The summed E-state index contributed by atoms with van der Waals surface area (Å²) in [6.07, 6.45) is -0.344. The van der Waals surface area contributed by atoms with Crippen LogP contribution in [0.4, 0.5) is 5.00 Å². The fourth-order valence-corrected chi connectivity index (χ4v) is 3.43. The molecule has 1 N–H and O–H groups in total. The van der Waals surface area contributed by atoms with Crippen LogP contribution in [-0.4, -0.2) is 61.6 Å². The van der Waals surface area contributed by atoms with Gasteiger partial charge in [0.1, 0.15) is 5.00 Å². The number of amides is 2. The van der Waals surface area contributed by atoms with Crippen molar-refractivity contribution in [3.63, 3.8) is 0 Å². The Balaban J connectivity index is 1.76. The minimum atomic E-state index is -0.671. The standard InChI is InChI=1S/C14H19N3O5S/c1-8(20-3)6-16-21-5-4-10(22-16)17-13(18)9-7-23-12(15-2)11(9)14(17)19/h7-8,10,15H,4-6H2,1-3H3. The largest absolute Gasteiger partial charge is 0.380 e. The molecule has 23 heavy (non-hydrogen) atoms. The second-order valence-corrected chi connectivity index (χ2v) is 6.21. The summed E-state index contributed by atoms with van der Waals surface area (Å²) in [4.78, 5) is 37.4. The number of nitrogens with one attached hydrogen (secondary N) is 1. The van der Waals surface area contributed by atoms with Gasteiger partial charge in [-0.3, -0.25) is 14.4 Å². The number of carbonyl (C=O) groups is 2. The van der Waals surface area contributed by atoms with Crippen molar-refractivity contribution in [2.24, 2.45) is 0 Å². The van der Waals surface area contributed by atoms with Crippen molar-refractivity contribution in [3.8, 4) is 0 Å². The number of fused-ring (bicyclic) bond motifs is 1. The van der Waals surface area contributed by atoms with E-state index in [2.05, 4.69) is 5.32 Å². The fourth-order valence-electron chi connectivity index (χ4n) is 2.55. The van der Waals surface area contributed by atoms with E-state index >= 15 is 0 Å². The summed E-state index contributed by atoms with van der Waals surface area (Å²) in [6, 6.07) is 0. The summed E-state index contributed by atoms with van der Waals surface area (Å²) >= 11 is 1.35. The van der Waals surface area contributed by atoms with Crippen molar-refractivity contribution in [2.75, 3.05) is 32.6 Å². The number of anilines is 1. The van der Waals surface area contributed by atoms with Crippen LogP contribution in [0.25, 0.3) is 0 Å². The SMILES string of the molecule is CNc1scc2c1C(=O)N(C1CCON(CC(C)OC)O1)C2=O. The van der Waals surface area contributed by atoms with Gasteiger partial charge in [0.15, 0.2) is 6.23 Å². The fraction of sp³-hybridized carbons (Fsp3) is 0.571.